The van der Waals surface area contributed by atoms with Gasteiger partial charge in [0.2, 0.25) is 0 Å². The van der Waals surface area contributed by atoms with Crippen molar-refractivity contribution in [3.05, 3.63) is 35.4 Å². The van der Waals surface area contributed by atoms with Crippen LogP contribution in [0.4, 0.5) is 0 Å². The number of rotatable bonds is 0. The second-order valence-corrected chi connectivity index (χ2v) is 4.38. The molecule has 1 N–H and O–H groups in total. The van der Waals surface area contributed by atoms with Crippen LogP contribution in [0, 0.1) is 0 Å². The molecule has 0 saturated carbocycles. The van der Waals surface area contributed by atoms with Gasteiger partial charge in [-0.05, 0) is 24.6 Å². The van der Waals surface area contributed by atoms with Gasteiger partial charge in [-0.15, -0.1) is 0 Å². The number of fused-ring (bicyclic) bond motifs is 3. The van der Waals surface area contributed by atoms with Crippen molar-refractivity contribution < 1.29 is 0 Å². The summed E-state index contributed by atoms with van der Waals surface area (Å²) in [6.07, 6.45) is 1.21. The van der Waals surface area contributed by atoms with Crippen LogP contribution in [-0.2, 0) is 6.42 Å². The summed E-state index contributed by atoms with van der Waals surface area (Å²) in [4.78, 5) is 2.49. The highest BCUT2D eigenvalue weighted by Gasteiger charge is 2.36. The van der Waals surface area contributed by atoms with E-state index in [0.29, 0.717) is 12.1 Å². The maximum atomic E-state index is 3.63. The largest absolute Gasteiger partial charge is 0.307 e. The average molecular weight is 188 g/mol. The molecule has 2 nitrogen and oxygen atoms in total. The quantitative estimate of drug-likeness (QED) is 0.658. The highest BCUT2D eigenvalue weighted by atomic mass is 15.2. The van der Waals surface area contributed by atoms with Crippen molar-refractivity contribution in [1.29, 1.82) is 0 Å². The maximum Gasteiger partial charge on any atom is 0.0484 e. The van der Waals surface area contributed by atoms with Crippen molar-refractivity contribution in [3.8, 4) is 0 Å². The van der Waals surface area contributed by atoms with Gasteiger partial charge in [-0.2, -0.15) is 0 Å². The van der Waals surface area contributed by atoms with E-state index in [9.17, 15) is 0 Å². The zero-order chi connectivity index (χ0) is 9.54. The summed E-state index contributed by atoms with van der Waals surface area (Å²) in [6, 6.07) is 10.1. The van der Waals surface area contributed by atoms with E-state index in [-0.39, 0.29) is 0 Å². The molecule has 0 aromatic heterocycles. The van der Waals surface area contributed by atoms with Gasteiger partial charge in [0.05, 0.1) is 0 Å². The monoisotopic (exact) mass is 188 g/mol. The van der Waals surface area contributed by atoms with Gasteiger partial charge in [0.1, 0.15) is 0 Å². The summed E-state index contributed by atoms with van der Waals surface area (Å²) in [5, 5.41) is 3.63. The van der Waals surface area contributed by atoms with Crippen LogP contribution in [0.25, 0.3) is 0 Å². The molecule has 1 aromatic rings. The first-order valence-electron chi connectivity index (χ1n) is 5.38. The van der Waals surface area contributed by atoms with E-state index in [1.54, 1.807) is 0 Å². The van der Waals surface area contributed by atoms with E-state index in [4.69, 9.17) is 0 Å². The van der Waals surface area contributed by atoms with Crippen molar-refractivity contribution in [1.82, 2.24) is 10.2 Å². The Kier molecular flexibility index (Phi) is 1.85. The molecule has 14 heavy (non-hydrogen) atoms. The van der Waals surface area contributed by atoms with Crippen molar-refractivity contribution in [2.24, 2.45) is 0 Å². The van der Waals surface area contributed by atoms with Crippen molar-refractivity contribution in [2.75, 3.05) is 20.1 Å². The standard InChI is InChI=1S/C12H16N2/c1-14-7-6-13-12-10-5-3-2-4-9(10)8-11(12)14/h2-5,11-13H,6-8H2,1H3/t11-,12-/m0/s1. The van der Waals surface area contributed by atoms with Gasteiger partial charge >= 0.3 is 0 Å². The van der Waals surface area contributed by atoms with Gasteiger partial charge < -0.3 is 5.32 Å². The second-order valence-electron chi connectivity index (χ2n) is 4.38. The number of benzene rings is 1. The van der Waals surface area contributed by atoms with Gasteiger partial charge in [0.15, 0.2) is 0 Å². The van der Waals surface area contributed by atoms with Gasteiger partial charge in [-0.3, -0.25) is 4.90 Å². The summed E-state index contributed by atoms with van der Waals surface area (Å²) >= 11 is 0. The van der Waals surface area contributed by atoms with Crippen LogP contribution in [0.5, 0.6) is 0 Å². The summed E-state index contributed by atoms with van der Waals surface area (Å²) in [7, 11) is 2.24. The van der Waals surface area contributed by atoms with E-state index in [1.165, 1.54) is 24.1 Å². The Bertz CT molecular complexity index is 348. The number of nitrogens with one attached hydrogen (secondary N) is 1. The first-order chi connectivity index (χ1) is 6.86. The Hall–Kier alpha value is -0.860. The molecule has 74 valence electrons. The molecule has 1 aliphatic heterocycles. The molecule has 0 bridgehead atoms. The summed E-state index contributed by atoms with van der Waals surface area (Å²) < 4.78 is 0. The Labute approximate surface area is 84.9 Å². The number of nitrogens with zero attached hydrogens (tertiary/aromatic N) is 1. The van der Waals surface area contributed by atoms with Crippen LogP contribution < -0.4 is 5.32 Å². The first kappa shape index (κ1) is 8.45. The van der Waals surface area contributed by atoms with Crippen molar-refractivity contribution in [3.63, 3.8) is 0 Å². The topological polar surface area (TPSA) is 15.3 Å². The minimum Gasteiger partial charge on any atom is -0.307 e. The van der Waals surface area contributed by atoms with E-state index in [0.717, 1.165) is 6.54 Å². The Morgan fingerprint density at radius 1 is 1.36 bits per heavy atom. The van der Waals surface area contributed by atoms with Crippen molar-refractivity contribution >= 4 is 0 Å². The fourth-order valence-electron chi connectivity index (χ4n) is 2.79. The molecule has 1 heterocycles. The molecular weight excluding hydrogens is 172 g/mol. The number of piperazine rings is 1. The minimum absolute atomic E-state index is 0.574. The fourth-order valence-corrected chi connectivity index (χ4v) is 2.79. The smallest absolute Gasteiger partial charge is 0.0484 e. The predicted octanol–water partition coefficient (Wildman–Crippen LogP) is 1.19. The minimum atomic E-state index is 0.574. The molecule has 0 radical (unpaired) electrons. The molecule has 0 spiro atoms. The fraction of sp³-hybridized carbons (Fsp3) is 0.500. The van der Waals surface area contributed by atoms with Gasteiger partial charge in [0.25, 0.3) is 0 Å². The maximum absolute atomic E-state index is 3.63. The molecule has 3 rings (SSSR count). The third kappa shape index (κ3) is 1.11. The van der Waals surface area contributed by atoms with Gasteiger partial charge in [0, 0.05) is 25.2 Å². The lowest BCUT2D eigenvalue weighted by Crippen LogP contribution is -2.49. The van der Waals surface area contributed by atoms with Crippen LogP contribution in [-0.4, -0.2) is 31.1 Å². The molecule has 0 amide bonds. The highest BCUT2D eigenvalue weighted by Crippen LogP contribution is 2.35. The summed E-state index contributed by atoms with van der Waals surface area (Å²) in [5.74, 6) is 0. The second kappa shape index (κ2) is 3.07. The van der Waals surface area contributed by atoms with E-state index in [1.807, 2.05) is 0 Å². The molecule has 0 unspecified atom stereocenters. The van der Waals surface area contributed by atoms with Crippen LogP contribution in [0.3, 0.4) is 0 Å². The van der Waals surface area contributed by atoms with Crippen LogP contribution >= 0.6 is 0 Å². The molecule has 1 fully saturated rings. The number of hydrogen-bond acceptors (Lipinski definition) is 2. The molecule has 1 aliphatic carbocycles. The third-order valence-corrected chi connectivity index (χ3v) is 3.60. The van der Waals surface area contributed by atoms with Crippen LogP contribution in [0.2, 0.25) is 0 Å². The Morgan fingerprint density at radius 3 is 3.14 bits per heavy atom. The molecular formula is C12H16N2. The lowest BCUT2D eigenvalue weighted by Gasteiger charge is -2.35. The van der Waals surface area contributed by atoms with Gasteiger partial charge in [-0.25, -0.2) is 0 Å². The predicted molar refractivity (Wildman–Crippen MR) is 57.3 cm³/mol. The molecule has 2 atom stereocenters. The SMILES string of the molecule is CN1CCN[C@H]2c3ccccc3C[C@@H]21. The number of hydrogen-bond donors (Lipinski definition) is 1. The van der Waals surface area contributed by atoms with E-state index in [2.05, 4.69) is 41.5 Å². The Balaban J connectivity index is 2.00. The zero-order valence-electron chi connectivity index (χ0n) is 8.53. The van der Waals surface area contributed by atoms with E-state index < -0.39 is 0 Å². The molecule has 1 aromatic carbocycles. The molecule has 2 aliphatic rings. The van der Waals surface area contributed by atoms with Crippen molar-refractivity contribution in [2.45, 2.75) is 18.5 Å². The molecule has 2 heteroatoms. The van der Waals surface area contributed by atoms with Gasteiger partial charge in [-0.1, -0.05) is 24.3 Å². The normalized spacial score (nSPS) is 31.2. The van der Waals surface area contributed by atoms with Crippen LogP contribution in [0.15, 0.2) is 24.3 Å². The van der Waals surface area contributed by atoms with E-state index >= 15 is 0 Å². The zero-order valence-corrected chi connectivity index (χ0v) is 8.53. The third-order valence-electron chi connectivity index (χ3n) is 3.60. The highest BCUT2D eigenvalue weighted by molar-refractivity contribution is 5.37. The first-order valence-corrected chi connectivity index (χ1v) is 5.38. The Morgan fingerprint density at radius 2 is 2.21 bits per heavy atom. The molecule has 1 saturated heterocycles. The summed E-state index contributed by atoms with van der Waals surface area (Å²) in [5.41, 5.74) is 3.05. The van der Waals surface area contributed by atoms with Crippen LogP contribution in [0.1, 0.15) is 17.2 Å². The lowest BCUT2D eigenvalue weighted by atomic mass is 10.0. The average Bonchev–Trinajstić information content (AvgIpc) is 2.59. The summed E-state index contributed by atoms with van der Waals surface area (Å²) in [6.45, 7) is 2.29. The number of likely N-dealkylation sites (N-methyl/N-ethyl adjacent to an activating group) is 1. The lowest BCUT2D eigenvalue weighted by molar-refractivity contribution is 0.163.